The number of hydrogen-bond acceptors (Lipinski definition) is 3. The average Bonchev–Trinajstić information content (AvgIpc) is 2.37. The Hall–Kier alpha value is -1.62. The highest BCUT2D eigenvalue weighted by Gasteiger charge is 2.09. The lowest BCUT2D eigenvalue weighted by atomic mass is 10.1. The molecule has 1 aromatic rings. The second kappa shape index (κ2) is 7.74. The minimum absolute atomic E-state index is 0.0649. The molecule has 0 heterocycles. The van der Waals surface area contributed by atoms with E-state index in [1.165, 1.54) is 12.1 Å². The van der Waals surface area contributed by atoms with E-state index < -0.39 is 5.82 Å². The molecule has 1 unspecified atom stereocenters. The molecule has 1 rings (SSSR count). The molecule has 0 saturated carbocycles. The van der Waals surface area contributed by atoms with Crippen LogP contribution < -0.4 is 15.8 Å². The highest BCUT2D eigenvalue weighted by Crippen LogP contribution is 2.20. The van der Waals surface area contributed by atoms with Gasteiger partial charge in [-0.2, -0.15) is 0 Å². The zero-order valence-electron chi connectivity index (χ0n) is 11.4. The van der Waals surface area contributed by atoms with Crippen molar-refractivity contribution in [2.75, 3.05) is 13.2 Å². The van der Waals surface area contributed by atoms with Crippen molar-refractivity contribution < 1.29 is 13.9 Å². The minimum Gasteiger partial charge on any atom is -0.481 e. The second-order valence-electron chi connectivity index (χ2n) is 4.47. The van der Waals surface area contributed by atoms with Gasteiger partial charge in [0.25, 0.3) is 5.91 Å². The fraction of sp³-hybridized carbons (Fsp3) is 0.500. The first-order valence-electron chi connectivity index (χ1n) is 6.49. The van der Waals surface area contributed by atoms with Gasteiger partial charge in [-0.3, -0.25) is 4.79 Å². The maximum Gasteiger partial charge on any atom is 0.257 e. The largest absolute Gasteiger partial charge is 0.481 e. The molecule has 4 nitrogen and oxygen atoms in total. The molecular weight excluding hydrogens is 247 g/mol. The third-order valence-electron chi connectivity index (χ3n) is 2.69. The quantitative estimate of drug-likeness (QED) is 0.745. The molecule has 19 heavy (non-hydrogen) atoms. The standard InChI is InChI=1S/C14H21FN2O2/c1-3-4-7-17-14(18)9-19-13-6-5-11(10(2)16)8-12(13)15/h5-6,8,10H,3-4,7,9,16H2,1-2H3,(H,17,18). The summed E-state index contributed by atoms with van der Waals surface area (Å²) < 4.78 is 18.8. The molecule has 1 amide bonds. The van der Waals surface area contributed by atoms with E-state index in [0.717, 1.165) is 12.8 Å². The van der Waals surface area contributed by atoms with Gasteiger partial charge in [-0.1, -0.05) is 19.4 Å². The molecule has 5 heteroatoms. The predicted octanol–water partition coefficient (Wildman–Crippen LogP) is 2.14. The van der Waals surface area contributed by atoms with Crippen LogP contribution in [0.25, 0.3) is 0 Å². The van der Waals surface area contributed by atoms with E-state index in [-0.39, 0.29) is 24.3 Å². The van der Waals surface area contributed by atoms with Gasteiger partial charge < -0.3 is 15.8 Å². The summed E-state index contributed by atoms with van der Waals surface area (Å²) in [7, 11) is 0. The number of halogens is 1. The fourth-order valence-corrected chi connectivity index (χ4v) is 1.52. The summed E-state index contributed by atoms with van der Waals surface area (Å²) in [6, 6.07) is 4.28. The Morgan fingerprint density at radius 3 is 2.84 bits per heavy atom. The predicted molar refractivity (Wildman–Crippen MR) is 72.4 cm³/mol. The van der Waals surface area contributed by atoms with E-state index in [4.69, 9.17) is 10.5 Å². The molecule has 3 N–H and O–H groups in total. The smallest absolute Gasteiger partial charge is 0.257 e. The molecule has 1 aromatic carbocycles. The van der Waals surface area contributed by atoms with Gasteiger partial charge in [0, 0.05) is 12.6 Å². The lowest BCUT2D eigenvalue weighted by Gasteiger charge is -2.10. The molecule has 0 aliphatic heterocycles. The van der Waals surface area contributed by atoms with Crippen LogP contribution in [0.2, 0.25) is 0 Å². The van der Waals surface area contributed by atoms with Crippen LogP contribution in [0.15, 0.2) is 18.2 Å². The van der Waals surface area contributed by atoms with E-state index >= 15 is 0 Å². The molecule has 0 radical (unpaired) electrons. The maximum atomic E-state index is 13.7. The topological polar surface area (TPSA) is 64.3 Å². The monoisotopic (exact) mass is 268 g/mol. The number of amides is 1. The van der Waals surface area contributed by atoms with Crippen molar-refractivity contribution in [3.8, 4) is 5.75 Å². The van der Waals surface area contributed by atoms with Gasteiger partial charge in [-0.05, 0) is 31.0 Å². The van der Waals surface area contributed by atoms with Gasteiger partial charge >= 0.3 is 0 Å². The first-order chi connectivity index (χ1) is 9.04. The zero-order valence-corrected chi connectivity index (χ0v) is 11.4. The third kappa shape index (κ3) is 5.26. The third-order valence-corrected chi connectivity index (χ3v) is 2.69. The van der Waals surface area contributed by atoms with Crippen molar-refractivity contribution in [3.63, 3.8) is 0 Å². The molecule has 0 aliphatic rings. The summed E-state index contributed by atoms with van der Waals surface area (Å²) in [5.41, 5.74) is 6.34. The number of nitrogens with two attached hydrogens (primary N) is 1. The first-order valence-corrected chi connectivity index (χ1v) is 6.49. The van der Waals surface area contributed by atoms with Gasteiger partial charge in [0.05, 0.1) is 0 Å². The number of benzene rings is 1. The summed E-state index contributed by atoms with van der Waals surface area (Å²) >= 11 is 0. The van der Waals surface area contributed by atoms with E-state index in [2.05, 4.69) is 5.32 Å². The number of nitrogens with one attached hydrogen (secondary N) is 1. The molecule has 0 fully saturated rings. The van der Waals surface area contributed by atoms with Gasteiger partial charge in [0.2, 0.25) is 0 Å². The number of hydrogen-bond donors (Lipinski definition) is 2. The fourth-order valence-electron chi connectivity index (χ4n) is 1.52. The zero-order chi connectivity index (χ0) is 14.3. The summed E-state index contributed by atoms with van der Waals surface area (Å²) in [5, 5.41) is 2.70. The van der Waals surface area contributed by atoms with Gasteiger partial charge in [-0.25, -0.2) is 4.39 Å². The van der Waals surface area contributed by atoms with E-state index in [1.807, 2.05) is 6.92 Å². The Bertz CT molecular complexity index is 422. The van der Waals surface area contributed by atoms with Crippen molar-refractivity contribution in [3.05, 3.63) is 29.6 Å². The molecule has 0 aliphatic carbocycles. The van der Waals surface area contributed by atoms with Crippen molar-refractivity contribution in [1.82, 2.24) is 5.32 Å². The molecule has 0 bridgehead atoms. The van der Waals surface area contributed by atoms with Crippen LogP contribution in [0.3, 0.4) is 0 Å². The van der Waals surface area contributed by atoms with Crippen molar-refractivity contribution in [1.29, 1.82) is 0 Å². The summed E-state index contributed by atoms with van der Waals surface area (Å²) in [4.78, 5) is 11.4. The van der Waals surface area contributed by atoms with E-state index in [0.29, 0.717) is 12.1 Å². The Morgan fingerprint density at radius 2 is 2.26 bits per heavy atom. The highest BCUT2D eigenvalue weighted by molar-refractivity contribution is 5.77. The normalized spacial score (nSPS) is 12.0. The number of ether oxygens (including phenoxy) is 1. The van der Waals surface area contributed by atoms with Crippen LogP contribution in [0.5, 0.6) is 5.75 Å². The lowest BCUT2D eigenvalue weighted by molar-refractivity contribution is -0.123. The number of carbonyl (C=O) groups is 1. The molecule has 0 saturated heterocycles. The van der Waals surface area contributed by atoms with Crippen LogP contribution in [-0.4, -0.2) is 19.1 Å². The Balaban J connectivity index is 2.47. The lowest BCUT2D eigenvalue weighted by Crippen LogP contribution is -2.29. The average molecular weight is 268 g/mol. The minimum atomic E-state index is -0.504. The van der Waals surface area contributed by atoms with Crippen LogP contribution >= 0.6 is 0 Å². The van der Waals surface area contributed by atoms with E-state index in [9.17, 15) is 9.18 Å². The molecule has 1 atom stereocenters. The molecular formula is C14H21FN2O2. The Kier molecular flexibility index (Phi) is 6.29. The van der Waals surface area contributed by atoms with Gasteiger partial charge in [0.1, 0.15) is 0 Å². The maximum absolute atomic E-state index is 13.7. The van der Waals surface area contributed by atoms with Crippen LogP contribution in [-0.2, 0) is 4.79 Å². The van der Waals surface area contributed by atoms with Gasteiger partial charge in [0.15, 0.2) is 18.2 Å². The van der Waals surface area contributed by atoms with Crippen LogP contribution in [0.1, 0.15) is 38.3 Å². The van der Waals surface area contributed by atoms with Crippen LogP contribution in [0, 0.1) is 5.82 Å². The number of carbonyl (C=O) groups excluding carboxylic acids is 1. The summed E-state index contributed by atoms with van der Waals surface area (Å²) in [6.07, 6.45) is 1.93. The molecule has 106 valence electrons. The Morgan fingerprint density at radius 1 is 1.53 bits per heavy atom. The molecule has 0 aromatic heterocycles. The van der Waals surface area contributed by atoms with Crippen molar-refractivity contribution >= 4 is 5.91 Å². The Labute approximate surface area is 113 Å². The number of unbranched alkanes of at least 4 members (excludes halogenated alkanes) is 1. The first kappa shape index (κ1) is 15.4. The van der Waals surface area contributed by atoms with Crippen LogP contribution in [0.4, 0.5) is 4.39 Å². The van der Waals surface area contributed by atoms with E-state index in [1.54, 1.807) is 13.0 Å². The summed E-state index contributed by atoms with van der Waals surface area (Å²) in [5.74, 6) is -0.685. The summed E-state index contributed by atoms with van der Waals surface area (Å²) in [6.45, 7) is 4.25. The SMILES string of the molecule is CCCCNC(=O)COc1ccc(C(C)N)cc1F. The number of rotatable bonds is 7. The molecule has 0 spiro atoms. The van der Waals surface area contributed by atoms with Crippen molar-refractivity contribution in [2.45, 2.75) is 32.7 Å². The second-order valence-corrected chi connectivity index (χ2v) is 4.47. The van der Waals surface area contributed by atoms with Crippen molar-refractivity contribution in [2.24, 2.45) is 5.73 Å². The van der Waals surface area contributed by atoms with Gasteiger partial charge in [-0.15, -0.1) is 0 Å². The highest BCUT2D eigenvalue weighted by atomic mass is 19.1.